The average molecular weight is 276 g/mol. The lowest BCUT2D eigenvalue weighted by molar-refractivity contribution is -0.138. The van der Waals surface area contributed by atoms with Crippen molar-refractivity contribution in [3.8, 4) is 5.75 Å². The van der Waals surface area contributed by atoms with Crippen LogP contribution >= 0.6 is 0 Å². The minimum Gasteiger partial charge on any atom is -0.493 e. The number of halogens is 3. The molecule has 0 spiro atoms. The number of ether oxygens (including phenoxy) is 1. The van der Waals surface area contributed by atoms with Crippen molar-refractivity contribution in [2.45, 2.75) is 25.4 Å². The first-order chi connectivity index (χ1) is 8.95. The summed E-state index contributed by atoms with van der Waals surface area (Å²) in [5, 5.41) is 11.1. The Morgan fingerprint density at radius 2 is 1.95 bits per heavy atom. The molecule has 7 heteroatoms. The molecule has 1 aromatic rings. The van der Waals surface area contributed by atoms with Crippen molar-refractivity contribution >= 4 is 5.84 Å². The van der Waals surface area contributed by atoms with E-state index in [0.717, 1.165) is 6.07 Å². The molecule has 0 fully saturated rings. The molecule has 0 unspecified atom stereocenters. The largest absolute Gasteiger partial charge is 0.493 e. The van der Waals surface area contributed by atoms with Gasteiger partial charge >= 0.3 is 6.18 Å². The minimum absolute atomic E-state index is 0.0932. The Hall–Kier alpha value is -1.92. The number of alkyl halides is 3. The van der Waals surface area contributed by atoms with Gasteiger partial charge in [0, 0.05) is 6.42 Å². The van der Waals surface area contributed by atoms with Crippen molar-refractivity contribution in [3.05, 3.63) is 29.8 Å². The van der Waals surface area contributed by atoms with E-state index in [4.69, 9.17) is 15.7 Å². The molecule has 0 amide bonds. The lowest BCUT2D eigenvalue weighted by atomic mass is 10.2. The molecule has 0 radical (unpaired) electrons. The van der Waals surface area contributed by atoms with Crippen LogP contribution in [-0.2, 0) is 6.18 Å². The van der Waals surface area contributed by atoms with Gasteiger partial charge < -0.3 is 15.7 Å². The normalized spacial score (nSPS) is 12.5. The summed E-state index contributed by atoms with van der Waals surface area (Å²) in [7, 11) is 0. The number of oxime groups is 1. The number of hydrogen-bond donors (Lipinski definition) is 2. The van der Waals surface area contributed by atoms with Gasteiger partial charge in [0.1, 0.15) is 11.6 Å². The fraction of sp³-hybridized carbons (Fsp3) is 0.417. The monoisotopic (exact) mass is 276 g/mol. The minimum atomic E-state index is -4.43. The Morgan fingerprint density at radius 1 is 1.26 bits per heavy atom. The summed E-state index contributed by atoms with van der Waals surface area (Å²) in [5.41, 5.74) is 4.47. The highest BCUT2D eigenvalue weighted by Crippen LogP contribution is 2.35. The zero-order valence-corrected chi connectivity index (χ0v) is 10.2. The maximum atomic E-state index is 12.6. The van der Waals surface area contributed by atoms with E-state index in [1.54, 1.807) is 0 Å². The molecular weight excluding hydrogens is 261 g/mol. The maximum absolute atomic E-state index is 12.6. The molecule has 3 N–H and O–H groups in total. The van der Waals surface area contributed by atoms with Gasteiger partial charge in [-0.15, -0.1) is 0 Å². The van der Waals surface area contributed by atoms with Crippen LogP contribution in [0.25, 0.3) is 0 Å². The second kappa shape index (κ2) is 6.86. The highest BCUT2D eigenvalue weighted by Gasteiger charge is 2.33. The summed E-state index contributed by atoms with van der Waals surface area (Å²) >= 11 is 0. The van der Waals surface area contributed by atoms with Crippen LogP contribution in [0, 0.1) is 0 Å². The van der Waals surface area contributed by atoms with Crippen LogP contribution in [0.3, 0.4) is 0 Å². The summed E-state index contributed by atoms with van der Waals surface area (Å²) in [5.74, 6) is -0.0884. The van der Waals surface area contributed by atoms with Gasteiger partial charge in [0.15, 0.2) is 0 Å². The van der Waals surface area contributed by atoms with Gasteiger partial charge in [-0.3, -0.25) is 0 Å². The van der Waals surface area contributed by atoms with Gasteiger partial charge in [0.05, 0.1) is 12.2 Å². The summed E-state index contributed by atoms with van der Waals surface area (Å²) in [6.07, 6.45) is -2.96. The fourth-order valence-corrected chi connectivity index (χ4v) is 1.47. The molecule has 0 aliphatic carbocycles. The Balaban J connectivity index is 2.46. The molecule has 0 atom stereocenters. The number of rotatable bonds is 6. The standard InChI is InChI=1S/C12H15F3N2O2/c13-12(14,15)9-5-1-2-6-10(9)19-8-4-3-7-11(16)17-18/h1-2,5-6,18H,3-4,7-8H2,(H2,16,17). The van der Waals surface area contributed by atoms with Crippen LogP contribution < -0.4 is 10.5 Å². The maximum Gasteiger partial charge on any atom is 0.419 e. The van der Waals surface area contributed by atoms with E-state index in [-0.39, 0.29) is 18.2 Å². The van der Waals surface area contributed by atoms with Crippen LogP contribution in [0.15, 0.2) is 29.4 Å². The summed E-state index contributed by atoms with van der Waals surface area (Å²) in [6.45, 7) is 0.145. The van der Waals surface area contributed by atoms with Gasteiger partial charge in [-0.25, -0.2) is 0 Å². The topological polar surface area (TPSA) is 67.8 Å². The van der Waals surface area contributed by atoms with Crippen molar-refractivity contribution in [2.75, 3.05) is 6.61 Å². The van der Waals surface area contributed by atoms with Crippen molar-refractivity contribution in [1.82, 2.24) is 0 Å². The third kappa shape index (κ3) is 5.07. The zero-order chi connectivity index (χ0) is 14.3. The zero-order valence-electron chi connectivity index (χ0n) is 10.2. The van der Waals surface area contributed by atoms with E-state index >= 15 is 0 Å². The molecule has 0 saturated carbocycles. The molecule has 106 valence electrons. The van der Waals surface area contributed by atoms with Crippen molar-refractivity contribution in [2.24, 2.45) is 10.9 Å². The van der Waals surface area contributed by atoms with Gasteiger partial charge in [-0.2, -0.15) is 13.2 Å². The second-order valence-electron chi connectivity index (χ2n) is 3.89. The molecular formula is C12H15F3N2O2. The molecule has 19 heavy (non-hydrogen) atoms. The predicted molar refractivity (Wildman–Crippen MR) is 64.2 cm³/mol. The van der Waals surface area contributed by atoms with Crippen LogP contribution in [0.4, 0.5) is 13.2 Å². The molecule has 0 aliphatic rings. The van der Waals surface area contributed by atoms with E-state index in [9.17, 15) is 13.2 Å². The number of hydrogen-bond acceptors (Lipinski definition) is 3. The van der Waals surface area contributed by atoms with Crippen LogP contribution in [-0.4, -0.2) is 17.6 Å². The van der Waals surface area contributed by atoms with Crippen molar-refractivity contribution in [1.29, 1.82) is 0 Å². The lowest BCUT2D eigenvalue weighted by Crippen LogP contribution is -2.12. The summed E-state index contributed by atoms with van der Waals surface area (Å²) < 4.78 is 43.0. The molecule has 1 rings (SSSR count). The number of unbranched alkanes of at least 4 members (excludes halogenated alkanes) is 1. The first kappa shape index (κ1) is 15.1. The Labute approximate surface area is 108 Å². The quantitative estimate of drug-likeness (QED) is 0.276. The molecule has 4 nitrogen and oxygen atoms in total. The Bertz CT molecular complexity index is 433. The molecule has 1 aromatic carbocycles. The summed E-state index contributed by atoms with van der Waals surface area (Å²) in [4.78, 5) is 0. The first-order valence-electron chi connectivity index (χ1n) is 5.70. The fourth-order valence-electron chi connectivity index (χ4n) is 1.47. The number of nitrogens with zero attached hydrogens (tertiary/aromatic N) is 1. The Morgan fingerprint density at radius 3 is 2.58 bits per heavy atom. The van der Waals surface area contributed by atoms with Crippen LogP contribution in [0.1, 0.15) is 24.8 Å². The predicted octanol–water partition coefficient (Wildman–Crippen LogP) is 3.00. The first-order valence-corrected chi connectivity index (χ1v) is 5.70. The molecule has 0 heterocycles. The number of benzene rings is 1. The van der Waals surface area contributed by atoms with E-state index in [1.807, 2.05) is 0 Å². The third-order valence-electron chi connectivity index (χ3n) is 2.41. The summed E-state index contributed by atoms with van der Waals surface area (Å²) in [6, 6.07) is 5.06. The highest BCUT2D eigenvalue weighted by atomic mass is 19.4. The van der Waals surface area contributed by atoms with Gasteiger partial charge in [0.2, 0.25) is 0 Å². The molecule has 0 aromatic heterocycles. The number of amidine groups is 1. The van der Waals surface area contributed by atoms with E-state index < -0.39 is 11.7 Å². The van der Waals surface area contributed by atoms with E-state index in [1.165, 1.54) is 18.2 Å². The average Bonchev–Trinajstić information content (AvgIpc) is 2.37. The van der Waals surface area contributed by atoms with Crippen molar-refractivity contribution < 1.29 is 23.1 Å². The van der Waals surface area contributed by atoms with E-state index in [0.29, 0.717) is 19.3 Å². The SMILES string of the molecule is NC(CCCCOc1ccccc1C(F)(F)F)=NO. The van der Waals surface area contributed by atoms with Gasteiger partial charge in [0.25, 0.3) is 0 Å². The molecule has 0 bridgehead atoms. The molecule has 0 saturated heterocycles. The third-order valence-corrected chi connectivity index (χ3v) is 2.41. The molecule has 0 aliphatic heterocycles. The van der Waals surface area contributed by atoms with Gasteiger partial charge in [-0.05, 0) is 25.0 Å². The number of para-hydroxylation sites is 1. The van der Waals surface area contributed by atoms with Crippen LogP contribution in [0.5, 0.6) is 5.75 Å². The smallest absolute Gasteiger partial charge is 0.419 e. The van der Waals surface area contributed by atoms with E-state index in [2.05, 4.69) is 5.16 Å². The second-order valence-corrected chi connectivity index (χ2v) is 3.89. The highest BCUT2D eigenvalue weighted by molar-refractivity contribution is 5.79. The van der Waals surface area contributed by atoms with Gasteiger partial charge in [-0.1, -0.05) is 17.3 Å². The van der Waals surface area contributed by atoms with Crippen molar-refractivity contribution in [3.63, 3.8) is 0 Å². The lowest BCUT2D eigenvalue weighted by Gasteiger charge is -2.13. The Kier molecular flexibility index (Phi) is 5.47. The number of nitrogens with two attached hydrogens (primary N) is 1. The van der Waals surface area contributed by atoms with Crippen LogP contribution in [0.2, 0.25) is 0 Å².